The first-order valence-corrected chi connectivity index (χ1v) is 10.0. The van der Waals surface area contributed by atoms with E-state index >= 15 is 0 Å². The van der Waals surface area contributed by atoms with Crippen molar-refractivity contribution < 1.29 is 23.9 Å². The Bertz CT molecular complexity index is 843. The summed E-state index contributed by atoms with van der Waals surface area (Å²) in [5.41, 5.74) is 0.333. The van der Waals surface area contributed by atoms with Crippen LogP contribution in [0.3, 0.4) is 0 Å². The maximum atomic E-state index is 12.5. The van der Waals surface area contributed by atoms with Crippen LogP contribution in [0.2, 0.25) is 0 Å². The van der Waals surface area contributed by atoms with Gasteiger partial charge in [-0.2, -0.15) is 0 Å². The van der Waals surface area contributed by atoms with Gasteiger partial charge in [-0.05, 0) is 24.6 Å². The Kier molecular flexibility index (Phi) is 5.69. The maximum absolute atomic E-state index is 12.5. The Morgan fingerprint density at radius 2 is 2.00 bits per heavy atom. The summed E-state index contributed by atoms with van der Waals surface area (Å²) in [5.74, 6) is 1.01. The quantitative estimate of drug-likeness (QED) is 0.760. The highest BCUT2D eigenvalue weighted by Crippen LogP contribution is 2.34. The van der Waals surface area contributed by atoms with Gasteiger partial charge in [0.2, 0.25) is 18.6 Å². The van der Waals surface area contributed by atoms with E-state index in [1.165, 1.54) is 22.7 Å². The summed E-state index contributed by atoms with van der Waals surface area (Å²) in [4.78, 5) is 38.3. The topological polar surface area (TPSA) is 84.9 Å². The molecular formula is C20H24N2O5S. The zero-order valence-electron chi connectivity index (χ0n) is 16.4. The van der Waals surface area contributed by atoms with E-state index in [1.807, 2.05) is 39.8 Å². The second-order valence-electron chi connectivity index (χ2n) is 7.77. The number of ether oxygens (including phenoxy) is 2. The number of benzene rings is 1. The number of carbonyl (C=O) groups is 3. The molecule has 3 rings (SSSR count). The highest BCUT2D eigenvalue weighted by atomic mass is 32.2. The average molecular weight is 404 g/mol. The second-order valence-corrected chi connectivity index (χ2v) is 8.76. The smallest absolute Gasteiger partial charge is 0.240 e. The summed E-state index contributed by atoms with van der Waals surface area (Å²) in [6.07, 6.45) is 1.46. The summed E-state index contributed by atoms with van der Waals surface area (Å²) in [7, 11) is 0. The summed E-state index contributed by atoms with van der Waals surface area (Å²) < 4.78 is 10.7. The molecule has 0 saturated carbocycles. The lowest BCUT2D eigenvalue weighted by atomic mass is 9.91. The molecule has 1 fully saturated rings. The van der Waals surface area contributed by atoms with Gasteiger partial charge in [0.1, 0.15) is 6.54 Å². The van der Waals surface area contributed by atoms with E-state index in [-0.39, 0.29) is 42.7 Å². The molecule has 2 aliphatic rings. The van der Waals surface area contributed by atoms with Crippen molar-refractivity contribution in [3.05, 3.63) is 34.9 Å². The second kappa shape index (κ2) is 7.87. The summed E-state index contributed by atoms with van der Waals surface area (Å²) in [5, 5.41) is 3.41. The van der Waals surface area contributed by atoms with E-state index in [4.69, 9.17) is 9.47 Å². The molecule has 0 spiro atoms. The molecule has 8 heteroatoms. The molecule has 0 radical (unpaired) electrons. The molecule has 7 nitrogen and oxygen atoms in total. The van der Waals surface area contributed by atoms with E-state index in [9.17, 15) is 14.4 Å². The number of hydrogen-bond acceptors (Lipinski definition) is 6. The van der Waals surface area contributed by atoms with Crippen molar-refractivity contribution in [1.82, 2.24) is 10.2 Å². The predicted molar refractivity (Wildman–Crippen MR) is 106 cm³/mol. The van der Waals surface area contributed by atoms with E-state index < -0.39 is 5.41 Å². The molecule has 1 aromatic rings. The molecule has 150 valence electrons. The average Bonchev–Trinajstić information content (AvgIpc) is 3.21. The number of carbonyl (C=O) groups excluding carboxylic acids is 3. The van der Waals surface area contributed by atoms with Crippen LogP contribution in [0.1, 0.15) is 39.3 Å². The first-order chi connectivity index (χ1) is 13.1. The minimum absolute atomic E-state index is 0.0798. The number of allylic oxidation sites excluding steroid dienone is 1. The number of nitrogens with one attached hydrogen (secondary N) is 1. The molecule has 0 aliphatic carbocycles. The van der Waals surface area contributed by atoms with Crippen LogP contribution in [0.4, 0.5) is 0 Å². The van der Waals surface area contributed by atoms with Gasteiger partial charge in [-0.1, -0.05) is 38.6 Å². The summed E-state index contributed by atoms with van der Waals surface area (Å²) in [6.45, 7) is 7.38. The lowest BCUT2D eigenvalue weighted by Crippen LogP contribution is -2.38. The summed E-state index contributed by atoms with van der Waals surface area (Å²) >= 11 is 1.28. The Morgan fingerprint density at radius 3 is 2.71 bits per heavy atom. The molecule has 1 unspecified atom stereocenters. The molecule has 1 aromatic carbocycles. The number of hydrogen-bond donors (Lipinski definition) is 1. The van der Waals surface area contributed by atoms with Crippen molar-refractivity contribution >= 4 is 29.4 Å². The van der Waals surface area contributed by atoms with Crippen LogP contribution < -0.4 is 14.8 Å². The van der Waals surface area contributed by atoms with E-state index in [0.29, 0.717) is 16.5 Å². The molecular weight excluding hydrogens is 380 g/mol. The third-order valence-electron chi connectivity index (χ3n) is 4.48. The monoisotopic (exact) mass is 404 g/mol. The Morgan fingerprint density at radius 1 is 1.29 bits per heavy atom. The van der Waals surface area contributed by atoms with Gasteiger partial charge in [0.15, 0.2) is 17.3 Å². The highest BCUT2D eigenvalue weighted by Gasteiger charge is 2.31. The SMILES string of the molecule is CC(NC(=O)CN1C(=O)CSC1=CC(=O)C(C)(C)C)c1ccc2c(c1)OCO2. The highest BCUT2D eigenvalue weighted by molar-refractivity contribution is 8.04. The number of ketones is 1. The number of amides is 2. The Balaban J connectivity index is 1.65. The minimum atomic E-state index is -0.541. The number of fused-ring (bicyclic) bond motifs is 1. The van der Waals surface area contributed by atoms with E-state index in [1.54, 1.807) is 6.07 Å². The zero-order valence-corrected chi connectivity index (χ0v) is 17.2. The van der Waals surface area contributed by atoms with Gasteiger partial charge in [0.25, 0.3) is 0 Å². The maximum Gasteiger partial charge on any atom is 0.240 e. The van der Waals surface area contributed by atoms with Crippen LogP contribution >= 0.6 is 11.8 Å². The van der Waals surface area contributed by atoms with Crippen LogP contribution in [0, 0.1) is 5.41 Å². The van der Waals surface area contributed by atoms with Crippen molar-refractivity contribution in [3.63, 3.8) is 0 Å². The fraction of sp³-hybridized carbons (Fsp3) is 0.450. The van der Waals surface area contributed by atoms with Gasteiger partial charge in [-0.15, -0.1) is 0 Å². The molecule has 1 N–H and O–H groups in total. The third-order valence-corrected chi connectivity index (χ3v) is 5.51. The summed E-state index contributed by atoms with van der Waals surface area (Å²) in [6, 6.07) is 5.23. The van der Waals surface area contributed by atoms with Crippen LogP contribution in [0.15, 0.2) is 29.3 Å². The van der Waals surface area contributed by atoms with Gasteiger partial charge < -0.3 is 14.8 Å². The number of rotatable bonds is 5. The molecule has 0 aromatic heterocycles. The first kappa shape index (κ1) is 20.3. The Hall–Kier alpha value is -2.48. The van der Waals surface area contributed by atoms with Crippen LogP contribution in [-0.4, -0.2) is 41.6 Å². The first-order valence-electron chi connectivity index (χ1n) is 9.03. The van der Waals surface area contributed by atoms with Gasteiger partial charge in [0, 0.05) is 11.5 Å². The molecule has 0 bridgehead atoms. The third kappa shape index (κ3) is 4.49. The Labute approximate surface area is 168 Å². The van der Waals surface area contributed by atoms with Gasteiger partial charge in [-0.3, -0.25) is 19.3 Å². The van der Waals surface area contributed by atoms with Crippen molar-refractivity contribution in [3.8, 4) is 11.5 Å². The fourth-order valence-electron chi connectivity index (χ4n) is 2.73. The fourth-order valence-corrected chi connectivity index (χ4v) is 3.67. The van der Waals surface area contributed by atoms with Crippen molar-refractivity contribution in [1.29, 1.82) is 0 Å². The normalized spacial score (nSPS) is 18.5. The van der Waals surface area contributed by atoms with Crippen molar-refractivity contribution in [2.24, 2.45) is 5.41 Å². The van der Waals surface area contributed by atoms with Crippen LogP contribution in [0.25, 0.3) is 0 Å². The van der Waals surface area contributed by atoms with E-state index in [2.05, 4.69) is 5.32 Å². The predicted octanol–water partition coefficient (Wildman–Crippen LogP) is 2.62. The number of thioether (sulfide) groups is 1. The molecule has 2 heterocycles. The molecule has 28 heavy (non-hydrogen) atoms. The molecule has 2 aliphatic heterocycles. The van der Waals surface area contributed by atoms with Gasteiger partial charge in [0.05, 0.1) is 16.8 Å². The van der Waals surface area contributed by atoms with Crippen molar-refractivity contribution in [2.45, 2.75) is 33.7 Å². The minimum Gasteiger partial charge on any atom is -0.454 e. The van der Waals surface area contributed by atoms with Crippen LogP contribution in [0.5, 0.6) is 11.5 Å². The zero-order chi connectivity index (χ0) is 20.5. The van der Waals surface area contributed by atoms with Crippen molar-refractivity contribution in [2.75, 3.05) is 19.1 Å². The van der Waals surface area contributed by atoms with E-state index in [0.717, 1.165) is 5.56 Å². The standard InChI is InChI=1S/C20H24N2O5S/c1-12(13-5-6-14-15(7-13)27-11-26-14)21-17(24)9-22-18(25)10-28-19(22)8-16(23)20(2,3)4/h5-8,12H,9-11H2,1-4H3,(H,21,24). The lowest BCUT2D eigenvalue weighted by molar-refractivity contribution is -0.131. The molecule has 2 amide bonds. The molecule has 1 atom stereocenters. The molecule has 1 saturated heterocycles. The van der Waals surface area contributed by atoms with Crippen LogP contribution in [-0.2, 0) is 14.4 Å². The largest absolute Gasteiger partial charge is 0.454 e. The lowest BCUT2D eigenvalue weighted by Gasteiger charge is -2.21. The number of nitrogens with zero attached hydrogens (tertiary/aromatic N) is 1. The van der Waals surface area contributed by atoms with Gasteiger partial charge in [-0.25, -0.2) is 0 Å². The van der Waals surface area contributed by atoms with Gasteiger partial charge >= 0.3 is 0 Å².